The van der Waals surface area contributed by atoms with Gasteiger partial charge in [-0.05, 0) is 36.8 Å². The van der Waals surface area contributed by atoms with Crippen LogP contribution in [0.5, 0.6) is 0 Å². The van der Waals surface area contributed by atoms with E-state index in [1.807, 2.05) is 13.0 Å². The number of rotatable bonds is 4. The van der Waals surface area contributed by atoms with Gasteiger partial charge in [0.05, 0.1) is 16.3 Å². The molecular weight excluding hydrogens is 302 g/mol. The molecule has 0 aliphatic carbocycles. The molecule has 0 saturated heterocycles. The maximum Gasteiger partial charge on any atom is 0.131 e. The van der Waals surface area contributed by atoms with Gasteiger partial charge in [0.2, 0.25) is 0 Å². The van der Waals surface area contributed by atoms with Crippen molar-refractivity contribution in [3.8, 4) is 17.3 Å². The van der Waals surface area contributed by atoms with Gasteiger partial charge < -0.3 is 9.30 Å². The first kappa shape index (κ1) is 14.9. The topological polar surface area (TPSA) is 38.0 Å². The van der Waals surface area contributed by atoms with Crippen LogP contribution in [-0.2, 0) is 11.5 Å². The standard InChI is InChI=1S/C14H11Cl2FN2O/c1-2-20-8-19-13(9-3-5-10(17)6-4-9)11(7-18)12(15)14(19)16/h3-6H,2,8H2,1H3. The predicted molar refractivity (Wildman–Crippen MR) is 76.2 cm³/mol. The molecule has 6 heteroatoms. The smallest absolute Gasteiger partial charge is 0.131 e. The quantitative estimate of drug-likeness (QED) is 0.835. The highest BCUT2D eigenvalue weighted by molar-refractivity contribution is 6.42. The van der Waals surface area contributed by atoms with Gasteiger partial charge in [-0.15, -0.1) is 0 Å². The summed E-state index contributed by atoms with van der Waals surface area (Å²) in [5.74, 6) is -0.354. The summed E-state index contributed by atoms with van der Waals surface area (Å²) in [6, 6.07) is 7.80. The minimum absolute atomic E-state index is 0.170. The predicted octanol–water partition coefficient (Wildman–Crippen LogP) is 4.47. The van der Waals surface area contributed by atoms with Crippen molar-refractivity contribution in [2.45, 2.75) is 13.7 Å². The van der Waals surface area contributed by atoms with Gasteiger partial charge in [0, 0.05) is 6.61 Å². The normalized spacial score (nSPS) is 10.6. The molecule has 20 heavy (non-hydrogen) atoms. The van der Waals surface area contributed by atoms with Crippen molar-refractivity contribution >= 4 is 23.2 Å². The minimum Gasteiger partial charge on any atom is -0.361 e. The van der Waals surface area contributed by atoms with Gasteiger partial charge in [0.1, 0.15) is 23.8 Å². The fourth-order valence-corrected chi connectivity index (χ4v) is 2.33. The van der Waals surface area contributed by atoms with Crippen LogP contribution in [0.1, 0.15) is 12.5 Å². The molecule has 0 atom stereocenters. The molecule has 0 unspecified atom stereocenters. The zero-order valence-corrected chi connectivity index (χ0v) is 12.2. The van der Waals surface area contributed by atoms with Gasteiger partial charge in [-0.3, -0.25) is 0 Å². The van der Waals surface area contributed by atoms with Gasteiger partial charge >= 0.3 is 0 Å². The third-order valence-corrected chi connectivity index (χ3v) is 3.66. The van der Waals surface area contributed by atoms with Gasteiger partial charge in [0.25, 0.3) is 0 Å². The molecule has 2 aromatic rings. The molecule has 104 valence electrons. The second kappa shape index (κ2) is 6.27. The molecule has 2 rings (SSSR count). The Morgan fingerprint density at radius 2 is 1.95 bits per heavy atom. The fraction of sp³-hybridized carbons (Fsp3) is 0.214. The Kier molecular flexibility index (Phi) is 4.66. The lowest BCUT2D eigenvalue weighted by molar-refractivity contribution is 0.0893. The van der Waals surface area contributed by atoms with E-state index >= 15 is 0 Å². The number of benzene rings is 1. The van der Waals surface area contributed by atoms with Crippen LogP contribution >= 0.6 is 23.2 Å². The van der Waals surface area contributed by atoms with E-state index in [4.69, 9.17) is 27.9 Å². The van der Waals surface area contributed by atoms with Gasteiger partial charge in [0.15, 0.2) is 0 Å². The number of ether oxygens (including phenoxy) is 1. The third kappa shape index (κ3) is 2.66. The zero-order chi connectivity index (χ0) is 14.7. The maximum atomic E-state index is 13.0. The Bertz CT molecular complexity index is 659. The molecule has 0 fully saturated rings. The van der Waals surface area contributed by atoms with E-state index in [-0.39, 0.29) is 28.3 Å². The van der Waals surface area contributed by atoms with E-state index in [1.54, 1.807) is 16.7 Å². The Balaban J connectivity index is 2.63. The van der Waals surface area contributed by atoms with Crippen LogP contribution in [0.2, 0.25) is 10.2 Å². The van der Waals surface area contributed by atoms with E-state index in [0.717, 1.165) is 0 Å². The highest BCUT2D eigenvalue weighted by atomic mass is 35.5. The summed E-state index contributed by atoms with van der Waals surface area (Å²) in [5, 5.41) is 9.66. The molecule has 0 amide bonds. The maximum absolute atomic E-state index is 13.0. The first-order chi connectivity index (χ1) is 9.60. The van der Waals surface area contributed by atoms with Crippen LogP contribution in [0.15, 0.2) is 24.3 Å². The highest BCUT2D eigenvalue weighted by Gasteiger charge is 2.21. The Hall–Kier alpha value is -1.54. The number of aromatic nitrogens is 1. The summed E-state index contributed by atoms with van der Waals surface area (Å²) in [4.78, 5) is 0. The lowest BCUT2D eigenvalue weighted by atomic mass is 10.1. The Morgan fingerprint density at radius 1 is 1.30 bits per heavy atom. The van der Waals surface area contributed by atoms with Crippen molar-refractivity contribution in [3.63, 3.8) is 0 Å². The molecule has 0 aliphatic heterocycles. The summed E-state index contributed by atoms with van der Waals surface area (Å²) in [6.45, 7) is 2.52. The molecule has 0 N–H and O–H groups in total. The second-order valence-corrected chi connectivity index (χ2v) is 4.73. The van der Waals surface area contributed by atoms with Gasteiger partial charge in [-0.2, -0.15) is 5.26 Å². The summed E-state index contributed by atoms with van der Waals surface area (Å²) < 4.78 is 20.0. The molecule has 0 aliphatic rings. The van der Waals surface area contributed by atoms with Crippen LogP contribution in [0.4, 0.5) is 4.39 Å². The first-order valence-electron chi connectivity index (χ1n) is 5.91. The molecule has 1 aromatic heterocycles. The van der Waals surface area contributed by atoms with Crippen LogP contribution in [0.25, 0.3) is 11.3 Å². The average molecular weight is 313 g/mol. The summed E-state index contributed by atoms with van der Waals surface area (Å²) >= 11 is 12.2. The first-order valence-corrected chi connectivity index (χ1v) is 6.67. The number of hydrogen-bond acceptors (Lipinski definition) is 2. The summed E-state index contributed by atoms with van der Waals surface area (Å²) in [6.07, 6.45) is 0. The molecule has 1 aromatic carbocycles. The zero-order valence-electron chi connectivity index (χ0n) is 10.7. The van der Waals surface area contributed by atoms with E-state index in [1.165, 1.54) is 12.1 Å². The summed E-state index contributed by atoms with van der Waals surface area (Å²) in [7, 11) is 0. The molecule has 0 spiro atoms. The summed E-state index contributed by atoms with van der Waals surface area (Å²) in [5.41, 5.74) is 1.43. The Morgan fingerprint density at radius 3 is 2.50 bits per heavy atom. The highest BCUT2D eigenvalue weighted by Crippen LogP contribution is 2.37. The van der Waals surface area contributed by atoms with Crippen LogP contribution < -0.4 is 0 Å². The van der Waals surface area contributed by atoms with Crippen molar-refractivity contribution in [3.05, 3.63) is 45.8 Å². The lowest BCUT2D eigenvalue weighted by Crippen LogP contribution is -2.04. The molecule has 0 radical (unpaired) electrons. The number of nitrogens with zero attached hydrogens (tertiary/aromatic N) is 2. The monoisotopic (exact) mass is 312 g/mol. The van der Waals surface area contributed by atoms with Crippen molar-refractivity contribution in [1.29, 1.82) is 5.26 Å². The van der Waals surface area contributed by atoms with Crippen molar-refractivity contribution in [2.24, 2.45) is 0 Å². The van der Waals surface area contributed by atoms with Crippen molar-refractivity contribution in [2.75, 3.05) is 6.61 Å². The fourth-order valence-electron chi connectivity index (χ4n) is 1.87. The van der Waals surface area contributed by atoms with Crippen LogP contribution in [0, 0.1) is 17.1 Å². The van der Waals surface area contributed by atoms with Gasteiger partial charge in [-0.1, -0.05) is 23.2 Å². The number of halogens is 3. The SMILES string of the molecule is CCOCn1c(Cl)c(Cl)c(C#N)c1-c1ccc(F)cc1. The Labute approximate surface area is 126 Å². The van der Waals surface area contributed by atoms with E-state index < -0.39 is 0 Å². The largest absolute Gasteiger partial charge is 0.361 e. The third-order valence-electron chi connectivity index (χ3n) is 2.80. The van der Waals surface area contributed by atoms with Crippen molar-refractivity contribution in [1.82, 2.24) is 4.57 Å². The molecular formula is C14H11Cl2FN2O. The molecule has 3 nitrogen and oxygen atoms in total. The van der Waals surface area contributed by atoms with E-state index in [0.29, 0.717) is 17.9 Å². The molecule has 0 saturated carbocycles. The van der Waals surface area contributed by atoms with Crippen LogP contribution in [-0.4, -0.2) is 11.2 Å². The number of hydrogen-bond donors (Lipinski definition) is 0. The molecule has 0 bridgehead atoms. The van der Waals surface area contributed by atoms with E-state index in [2.05, 4.69) is 0 Å². The lowest BCUT2D eigenvalue weighted by Gasteiger charge is -2.10. The second-order valence-electron chi connectivity index (χ2n) is 4.00. The average Bonchev–Trinajstić information content (AvgIpc) is 2.69. The number of nitriles is 1. The molecule has 1 heterocycles. The minimum atomic E-state index is -0.354. The van der Waals surface area contributed by atoms with Crippen molar-refractivity contribution < 1.29 is 9.13 Å². The van der Waals surface area contributed by atoms with Gasteiger partial charge in [-0.25, -0.2) is 4.39 Å². The van der Waals surface area contributed by atoms with E-state index in [9.17, 15) is 9.65 Å². The van der Waals surface area contributed by atoms with Crippen LogP contribution in [0.3, 0.4) is 0 Å².